The molecule has 81 valence electrons. The molecular formula is C15H15O. The molecule has 1 heteroatoms. The Balaban J connectivity index is 2.09. The summed E-state index contributed by atoms with van der Waals surface area (Å²) in [7, 11) is 0. The number of phenolic OH excluding ortho intramolecular Hbond substituents is 1. The largest absolute Gasteiger partial charge is 0.508 e. The maximum Gasteiger partial charge on any atom is 0.115 e. The Morgan fingerprint density at radius 2 is 1.56 bits per heavy atom. The minimum atomic E-state index is 0.316. The highest BCUT2D eigenvalue weighted by Crippen LogP contribution is 2.21. The van der Waals surface area contributed by atoms with Gasteiger partial charge in [-0.2, -0.15) is 0 Å². The molecule has 0 fully saturated rings. The second-order valence-electron chi connectivity index (χ2n) is 3.99. The van der Waals surface area contributed by atoms with Crippen LogP contribution in [0.2, 0.25) is 0 Å². The van der Waals surface area contributed by atoms with Crippen LogP contribution in [0.4, 0.5) is 0 Å². The van der Waals surface area contributed by atoms with Crippen LogP contribution in [0.1, 0.15) is 18.1 Å². The van der Waals surface area contributed by atoms with Crippen LogP contribution in [0.15, 0.2) is 54.6 Å². The molecule has 2 aromatic carbocycles. The van der Waals surface area contributed by atoms with Crippen molar-refractivity contribution >= 4 is 0 Å². The number of benzene rings is 2. The van der Waals surface area contributed by atoms with E-state index in [1.807, 2.05) is 18.2 Å². The average Bonchev–Trinajstić information content (AvgIpc) is 2.31. The first-order chi connectivity index (χ1) is 7.75. The van der Waals surface area contributed by atoms with Crippen LogP contribution < -0.4 is 0 Å². The van der Waals surface area contributed by atoms with Crippen LogP contribution in [-0.4, -0.2) is 5.11 Å². The quantitative estimate of drug-likeness (QED) is 0.822. The fourth-order valence-corrected chi connectivity index (χ4v) is 1.75. The van der Waals surface area contributed by atoms with Crippen molar-refractivity contribution in [2.45, 2.75) is 13.3 Å². The van der Waals surface area contributed by atoms with Gasteiger partial charge >= 0.3 is 0 Å². The number of hydrogen-bond donors (Lipinski definition) is 1. The Morgan fingerprint density at radius 3 is 2.19 bits per heavy atom. The summed E-state index contributed by atoms with van der Waals surface area (Å²) < 4.78 is 0. The van der Waals surface area contributed by atoms with E-state index >= 15 is 0 Å². The molecule has 16 heavy (non-hydrogen) atoms. The summed E-state index contributed by atoms with van der Waals surface area (Å²) in [4.78, 5) is 0. The Morgan fingerprint density at radius 1 is 0.938 bits per heavy atom. The zero-order chi connectivity index (χ0) is 11.4. The second-order valence-corrected chi connectivity index (χ2v) is 3.99. The Hall–Kier alpha value is -1.76. The number of hydrogen-bond acceptors (Lipinski definition) is 1. The van der Waals surface area contributed by atoms with Crippen molar-refractivity contribution in [3.8, 4) is 5.75 Å². The first-order valence-corrected chi connectivity index (χ1v) is 5.41. The number of phenols is 1. The summed E-state index contributed by atoms with van der Waals surface area (Å²) >= 11 is 0. The van der Waals surface area contributed by atoms with Gasteiger partial charge in [0.15, 0.2) is 0 Å². The standard InChI is InChI=1S/C15H15O/c1-12(11-13-5-3-2-4-6-13)14-7-9-15(16)10-8-14/h2-10,16H,11H2,1H3. The molecule has 0 saturated heterocycles. The third kappa shape index (κ3) is 2.63. The molecule has 1 nitrogen and oxygen atoms in total. The molecular weight excluding hydrogens is 196 g/mol. The molecule has 0 bridgehead atoms. The van der Waals surface area contributed by atoms with Crippen molar-refractivity contribution in [2.75, 3.05) is 0 Å². The molecule has 0 saturated carbocycles. The van der Waals surface area contributed by atoms with Crippen LogP contribution >= 0.6 is 0 Å². The van der Waals surface area contributed by atoms with Gasteiger partial charge in [0.05, 0.1) is 0 Å². The highest BCUT2D eigenvalue weighted by Gasteiger charge is 2.06. The minimum Gasteiger partial charge on any atom is -0.508 e. The van der Waals surface area contributed by atoms with Crippen molar-refractivity contribution in [2.24, 2.45) is 0 Å². The molecule has 0 aromatic heterocycles. The van der Waals surface area contributed by atoms with Gasteiger partial charge in [-0.1, -0.05) is 49.4 Å². The van der Waals surface area contributed by atoms with Gasteiger partial charge in [-0.15, -0.1) is 0 Å². The molecule has 0 aliphatic carbocycles. The molecule has 1 N–H and O–H groups in total. The molecule has 0 atom stereocenters. The highest BCUT2D eigenvalue weighted by molar-refractivity contribution is 5.36. The van der Waals surface area contributed by atoms with E-state index in [4.69, 9.17) is 0 Å². The molecule has 1 radical (unpaired) electrons. The SMILES string of the molecule is C[C](Cc1ccccc1)c1ccc(O)cc1. The Kier molecular flexibility index (Phi) is 3.25. The van der Waals surface area contributed by atoms with Crippen LogP contribution in [0.5, 0.6) is 5.75 Å². The molecule has 0 heterocycles. The monoisotopic (exact) mass is 211 g/mol. The van der Waals surface area contributed by atoms with Gasteiger partial charge in [0.25, 0.3) is 0 Å². The van der Waals surface area contributed by atoms with E-state index < -0.39 is 0 Å². The van der Waals surface area contributed by atoms with Gasteiger partial charge < -0.3 is 5.11 Å². The fraction of sp³-hybridized carbons (Fsp3) is 0.133. The maximum absolute atomic E-state index is 9.22. The van der Waals surface area contributed by atoms with E-state index in [1.165, 1.54) is 17.0 Å². The highest BCUT2D eigenvalue weighted by atomic mass is 16.3. The lowest BCUT2D eigenvalue weighted by Crippen LogP contribution is -1.98. The van der Waals surface area contributed by atoms with Crippen molar-refractivity contribution in [1.82, 2.24) is 0 Å². The molecule has 0 amide bonds. The predicted octanol–water partition coefficient (Wildman–Crippen LogP) is 3.58. The number of aromatic hydroxyl groups is 1. The normalized spacial score (nSPS) is 10.6. The van der Waals surface area contributed by atoms with Crippen LogP contribution in [0.25, 0.3) is 0 Å². The zero-order valence-electron chi connectivity index (χ0n) is 9.35. The molecule has 0 unspecified atom stereocenters. The van der Waals surface area contributed by atoms with Crippen LogP contribution in [0, 0.1) is 5.92 Å². The summed E-state index contributed by atoms with van der Waals surface area (Å²) in [6, 6.07) is 17.8. The summed E-state index contributed by atoms with van der Waals surface area (Å²) in [5.74, 6) is 1.63. The molecule has 0 aliphatic heterocycles. The lowest BCUT2D eigenvalue weighted by atomic mass is 9.94. The summed E-state index contributed by atoms with van der Waals surface area (Å²) in [5, 5.41) is 9.22. The van der Waals surface area contributed by atoms with Gasteiger partial charge in [-0.3, -0.25) is 0 Å². The van der Waals surface area contributed by atoms with Crippen LogP contribution in [-0.2, 0) is 6.42 Å². The van der Waals surface area contributed by atoms with Gasteiger partial charge in [0, 0.05) is 5.92 Å². The van der Waals surface area contributed by atoms with Gasteiger partial charge in [0.1, 0.15) is 5.75 Å². The molecule has 0 aliphatic rings. The fourth-order valence-electron chi connectivity index (χ4n) is 1.75. The van der Waals surface area contributed by atoms with Crippen LogP contribution in [0.3, 0.4) is 0 Å². The Labute approximate surface area is 96.4 Å². The van der Waals surface area contributed by atoms with Gasteiger partial charge in [-0.25, -0.2) is 0 Å². The smallest absolute Gasteiger partial charge is 0.115 e. The van der Waals surface area contributed by atoms with E-state index in [0.29, 0.717) is 5.75 Å². The maximum atomic E-state index is 9.22. The van der Waals surface area contributed by atoms with Gasteiger partial charge in [0.2, 0.25) is 0 Å². The van der Waals surface area contributed by atoms with Crippen molar-refractivity contribution in [3.05, 3.63) is 71.6 Å². The lowest BCUT2D eigenvalue weighted by molar-refractivity contribution is 0.475. The molecule has 0 spiro atoms. The Bertz CT molecular complexity index is 431. The third-order valence-corrected chi connectivity index (χ3v) is 2.67. The van der Waals surface area contributed by atoms with Crippen molar-refractivity contribution < 1.29 is 5.11 Å². The summed E-state index contributed by atoms with van der Waals surface area (Å²) in [5.41, 5.74) is 2.50. The van der Waals surface area contributed by atoms with Crippen molar-refractivity contribution in [1.29, 1.82) is 0 Å². The van der Waals surface area contributed by atoms with E-state index in [9.17, 15) is 5.11 Å². The van der Waals surface area contributed by atoms with E-state index in [2.05, 4.69) is 31.2 Å². The molecule has 2 rings (SSSR count). The predicted molar refractivity (Wildman–Crippen MR) is 66.3 cm³/mol. The van der Waals surface area contributed by atoms with E-state index in [1.54, 1.807) is 12.1 Å². The second kappa shape index (κ2) is 4.84. The van der Waals surface area contributed by atoms with E-state index in [-0.39, 0.29) is 0 Å². The number of rotatable bonds is 3. The summed E-state index contributed by atoms with van der Waals surface area (Å²) in [6.07, 6.45) is 0.950. The summed E-state index contributed by atoms with van der Waals surface area (Å²) in [6.45, 7) is 2.12. The average molecular weight is 211 g/mol. The first-order valence-electron chi connectivity index (χ1n) is 5.41. The minimum absolute atomic E-state index is 0.316. The van der Waals surface area contributed by atoms with Gasteiger partial charge in [-0.05, 0) is 29.7 Å². The topological polar surface area (TPSA) is 20.2 Å². The zero-order valence-corrected chi connectivity index (χ0v) is 9.35. The lowest BCUT2D eigenvalue weighted by Gasteiger charge is -2.11. The van der Waals surface area contributed by atoms with E-state index in [0.717, 1.165) is 6.42 Å². The molecule has 2 aromatic rings. The first kappa shape index (κ1) is 10.7. The van der Waals surface area contributed by atoms with Crippen molar-refractivity contribution in [3.63, 3.8) is 0 Å². The third-order valence-electron chi connectivity index (χ3n) is 2.67.